The zero-order valence-electron chi connectivity index (χ0n) is 24.9. The number of hydrogen-bond acceptors (Lipinski definition) is 5. The van der Waals surface area contributed by atoms with Crippen LogP contribution in [0.2, 0.25) is 0 Å². The number of hydrogen-bond donors (Lipinski definition) is 3. The molecule has 0 saturated carbocycles. The summed E-state index contributed by atoms with van der Waals surface area (Å²) in [6.07, 6.45) is 0.362. The van der Waals surface area contributed by atoms with Crippen molar-refractivity contribution in [3.05, 3.63) is 110 Å². The van der Waals surface area contributed by atoms with Crippen LogP contribution in [0, 0.1) is 6.92 Å². The number of carboxylic acid groups (broad SMARTS) is 1. The van der Waals surface area contributed by atoms with Gasteiger partial charge in [-0.3, -0.25) is 4.79 Å². The number of anilines is 1. The van der Waals surface area contributed by atoms with E-state index in [9.17, 15) is 15.0 Å². The number of aryl methyl sites for hydroxylation is 1. The number of halogens is 2. The fourth-order valence-electron chi connectivity index (χ4n) is 5.63. The number of phenols is 1. The molecule has 0 aliphatic heterocycles. The maximum absolute atomic E-state index is 11.3. The van der Waals surface area contributed by atoms with E-state index in [1.807, 2.05) is 55.5 Å². The molecule has 5 aromatic carbocycles. The Labute approximate surface area is 273 Å². The first-order valence-electron chi connectivity index (χ1n) is 14.2. The summed E-state index contributed by atoms with van der Waals surface area (Å²) in [6, 6.07) is 23.3. The zero-order chi connectivity index (χ0) is 31.7. The molecule has 226 valence electrons. The Kier molecular flexibility index (Phi) is 9.23. The van der Waals surface area contributed by atoms with Gasteiger partial charge in [0.25, 0.3) is 0 Å². The van der Waals surface area contributed by atoms with Crippen molar-refractivity contribution >= 4 is 54.3 Å². The van der Waals surface area contributed by atoms with E-state index >= 15 is 0 Å². The number of rotatable bonds is 9. The molecule has 0 bridgehead atoms. The third kappa shape index (κ3) is 6.28. The van der Waals surface area contributed by atoms with Crippen LogP contribution >= 0.6 is 31.9 Å². The second-order valence-corrected chi connectivity index (χ2v) is 12.8. The number of nitrogen functional groups attached to an aromatic ring is 1. The molecule has 5 rings (SSSR count). The minimum absolute atomic E-state index is 0.0535. The predicted molar refractivity (Wildman–Crippen MR) is 183 cm³/mol. The molecule has 6 nitrogen and oxygen atoms in total. The molecule has 4 N–H and O–H groups in total. The molecule has 0 aliphatic carbocycles. The van der Waals surface area contributed by atoms with Gasteiger partial charge in [-0.2, -0.15) is 0 Å². The molecule has 0 aliphatic rings. The van der Waals surface area contributed by atoms with Crippen LogP contribution in [-0.4, -0.2) is 23.3 Å². The standard InChI is InChI=1S/C36H33Br2NO5/c1-19(2)26-18-30(44-36-27(37)12-21(13-28(36)38)14-32(40)41)24(17-31(26)43-4)15-23-10-7-8-20(3)33(23)34-25-11-6-5-9-22(25)16-29(39)35(34)42/h5-13,16-19,42H,14-15,39H2,1-4H3,(H,40,41). The molecule has 0 atom stereocenters. The van der Waals surface area contributed by atoms with Gasteiger partial charge < -0.3 is 25.4 Å². The third-order valence-corrected chi connectivity index (χ3v) is 8.88. The number of methoxy groups -OCH3 is 1. The van der Waals surface area contributed by atoms with Crippen LogP contribution in [0.5, 0.6) is 23.0 Å². The number of nitrogens with two attached hydrogens (primary N) is 1. The second kappa shape index (κ2) is 12.9. The summed E-state index contributed by atoms with van der Waals surface area (Å²) in [4.78, 5) is 11.3. The quantitative estimate of drug-likeness (QED) is 0.104. The fourth-order valence-corrected chi connectivity index (χ4v) is 7.07. The van der Waals surface area contributed by atoms with Crippen molar-refractivity contribution in [3.63, 3.8) is 0 Å². The molecule has 5 aromatic rings. The number of fused-ring (bicyclic) bond motifs is 1. The van der Waals surface area contributed by atoms with Gasteiger partial charge >= 0.3 is 5.97 Å². The minimum atomic E-state index is -0.913. The Balaban J connectivity index is 1.69. The van der Waals surface area contributed by atoms with Crippen LogP contribution in [0.4, 0.5) is 5.69 Å². The third-order valence-electron chi connectivity index (χ3n) is 7.70. The molecular weight excluding hydrogens is 686 g/mol. The van der Waals surface area contributed by atoms with Gasteiger partial charge in [0.1, 0.15) is 17.2 Å². The Morgan fingerprint density at radius 2 is 1.61 bits per heavy atom. The first kappa shape index (κ1) is 31.4. The van der Waals surface area contributed by atoms with E-state index in [1.54, 1.807) is 25.3 Å². The number of benzene rings is 5. The van der Waals surface area contributed by atoms with Crippen LogP contribution < -0.4 is 15.2 Å². The fraction of sp³-hybridized carbons (Fsp3) is 0.194. The van der Waals surface area contributed by atoms with Crippen molar-refractivity contribution in [1.29, 1.82) is 0 Å². The Morgan fingerprint density at radius 3 is 2.27 bits per heavy atom. The summed E-state index contributed by atoms with van der Waals surface area (Å²) in [7, 11) is 1.66. The average Bonchev–Trinajstić information content (AvgIpc) is 2.96. The smallest absolute Gasteiger partial charge is 0.307 e. The van der Waals surface area contributed by atoms with Gasteiger partial charge in [-0.05, 0) is 108 Å². The molecule has 0 unspecified atom stereocenters. The predicted octanol–water partition coefficient (Wildman–Crippen LogP) is 9.77. The number of carbonyl (C=O) groups is 1. The zero-order valence-corrected chi connectivity index (χ0v) is 28.0. The second-order valence-electron chi connectivity index (χ2n) is 11.1. The largest absolute Gasteiger partial charge is 0.505 e. The van der Waals surface area contributed by atoms with Gasteiger partial charge in [0, 0.05) is 23.1 Å². The maximum Gasteiger partial charge on any atom is 0.307 e. The van der Waals surface area contributed by atoms with Crippen LogP contribution in [0.3, 0.4) is 0 Å². The van der Waals surface area contributed by atoms with Crippen LogP contribution in [0.1, 0.15) is 47.6 Å². The van der Waals surface area contributed by atoms with Crippen LogP contribution in [-0.2, 0) is 17.6 Å². The Hall–Kier alpha value is -4.01. The van der Waals surface area contributed by atoms with E-state index in [-0.39, 0.29) is 18.1 Å². The normalized spacial score (nSPS) is 11.2. The topological polar surface area (TPSA) is 102 Å². The molecule has 0 amide bonds. The minimum Gasteiger partial charge on any atom is -0.505 e. The summed E-state index contributed by atoms with van der Waals surface area (Å²) >= 11 is 7.18. The lowest BCUT2D eigenvalue weighted by Crippen LogP contribution is -2.03. The van der Waals surface area contributed by atoms with Crippen molar-refractivity contribution in [3.8, 4) is 34.1 Å². The Morgan fingerprint density at radius 1 is 0.909 bits per heavy atom. The molecule has 0 radical (unpaired) electrons. The summed E-state index contributed by atoms with van der Waals surface area (Å²) in [5, 5.41) is 22.4. The summed E-state index contributed by atoms with van der Waals surface area (Å²) in [6.45, 7) is 6.23. The highest BCUT2D eigenvalue weighted by atomic mass is 79.9. The highest BCUT2D eigenvalue weighted by Crippen LogP contribution is 2.46. The van der Waals surface area contributed by atoms with Gasteiger partial charge in [-0.25, -0.2) is 0 Å². The van der Waals surface area contributed by atoms with Crippen LogP contribution in [0.15, 0.2) is 81.7 Å². The number of ether oxygens (including phenoxy) is 2. The summed E-state index contributed by atoms with van der Waals surface area (Å²) in [5.74, 6) is 1.22. The summed E-state index contributed by atoms with van der Waals surface area (Å²) < 4.78 is 13.7. The van der Waals surface area contributed by atoms with Crippen molar-refractivity contribution in [2.75, 3.05) is 12.8 Å². The number of phenolic OH excluding ortho intramolecular Hbond substituents is 1. The average molecular weight is 719 g/mol. The maximum atomic E-state index is 11.3. The molecular formula is C36H33Br2NO5. The molecule has 44 heavy (non-hydrogen) atoms. The van der Waals surface area contributed by atoms with E-state index in [1.165, 1.54) is 0 Å². The van der Waals surface area contributed by atoms with Gasteiger partial charge in [0.2, 0.25) is 0 Å². The van der Waals surface area contributed by atoms with E-state index in [0.29, 0.717) is 43.7 Å². The van der Waals surface area contributed by atoms with Gasteiger partial charge in [0.05, 0.1) is 28.2 Å². The molecule has 0 spiro atoms. The monoisotopic (exact) mass is 717 g/mol. The highest BCUT2D eigenvalue weighted by molar-refractivity contribution is 9.11. The van der Waals surface area contributed by atoms with Crippen LogP contribution in [0.25, 0.3) is 21.9 Å². The number of aromatic hydroxyl groups is 1. The lowest BCUT2D eigenvalue weighted by Gasteiger charge is -2.21. The summed E-state index contributed by atoms with van der Waals surface area (Å²) in [5.41, 5.74) is 12.7. The molecule has 0 saturated heterocycles. The van der Waals surface area contributed by atoms with Gasteiger partial charge in [-0.15, -0.1) is 0 Å². The van der Waals surface area contributed by atoms with Gasteiger partial charge in [0.15, 0.2) is 5.75 Å². The number of carboxylic acids is 1. The van der Waals surface area contributed by atoms with E-state index in [2.05, 4.69) is 51.8 Å². The van der Waals surface area contributed by atoms with Gasteiger partial charge in [-0.1, -0.05) is 56.3 Å². The highest BCUT2D eigenvalue weighted by Gasteiger charge is 2.22. The molecule has 0 heterocycles. The van der Waals surface area contributed by atoms with E-state index in [0.717, 1.165) is 44.3 Å². The lowest BCUT2D eigenvalue weighted by molar-refractivity contribution is -0.136. The van der Waals surface area contributed by atoms with E-state index < -0.39 is 5.97 Å². The lowest BCUT2D eigenvalue weighted by atomic mass is 9.87. The van der Waals surface area contributed by atoms with Crippen molar-refractivity contribution < 1.29 is 24.5 Å². The molecule has 0 aromatic heterocycles. The van der Waals surface area contributed by atoms with Crippen molar-refractivity contribution in [1.82, 2.24) is 0 Å². The molecule has 8 heteroatoms. The SMILES string of the molecule is COc1cc(Cc2cccc(C)c2-c2c(O)c(N)cc3ccccc23)c(Oc2c(Br)cc(CC(=O)O)cc2Br)cc1C(C)C. The first-order chi connectivity index (χ1) is 21.0. The van der Waals surface area contributed by atoms with E-state index in [4.69, 9.17) is 15.2 Å². The number of aliphatic carboxylic acids is 1. The molecule has 0 fully saturated rings. The van der Waals surface area contributed by atoms with Crippen molar-refractivity contribution in [2.24, 2.45) is 0 Å². The first-order valence-corrected chi connectivity index (χ1v) is 15.7. The Bertz CT molecular complexity index is 1880. The van der Waals surface area contributed by atoms with Crippen molar-refractivity contribution in [2.45, 2.75) is 39.5 Å².